The fourth-order valence-corrected chi connectivity index (χ4v) is 2.98. The maximum Gasteiger partial charge on any atom is 0.415 e. The molecule has 1 heterocycles. The monoisotopic (exact) mass is 355 g/mol. The standard InChI is InChI=1S/C20H21NO5/c1-3-5-14-11-15(22)8-9-17(14)25-16-7-4-6-13(10-16)12-20(2)18(23)21-19(24)26-20/h4,6-11,22H,3,5,12H2,1-2H3,(H,21,23,24)/t20-/m1/s1. The van der Waals surface area contributed by atoms with E-state index in [1.54, 1.807) is 25.1 Å². The van der Waals surface area contributed by atoms with E-state index < -0.39 is 17.6 Å². The van der Waals surface area contributed by atoms with Gasteiger partial charge in [0.2, 0.25) is 0 Å². The van der Waals surface area contributed by atoms with Gasteiger partial charge in [0.1, 0.15) is 17.2 Å². The molecule has 0 spiro atoms. The number of hydrogen-bond donors (Lipinski definition) is 2. The van der Waals surface area contributed by atoms with E-state index in [2.05, 4.69) is 12.2 Å². The molecule has 0 radical (unpaired) electrons. The molecule has 1 fully saturated rings. The number of imide groups is 1. The summed E-state index contributed by atoms with van der Waals surface area (Å²) in [5.41, 5.74) is 0.515. The Morgan fingerprint density at radius 3 is 2.69 bits per heavy atom. The Labute approximate surface area is 151 Å². The molecule has 1 aliphatic rings. The first-order valence-electron chi connectivity index (χ1n) is 8.53. The minimum absolute atomic E-state index is 0.205. The van der Waals surface area contributed by atoms with Gasteiger partial charge in [0, 0.05) is 6.42 Å². The molecule has 2 aromatic rings. The molecule has 2 aromatic carbocycles. The molecule has 1 saturated heterocycles. The smallest absolute Gasteiger partial charge is 0.415 e. The highest BCUT2D eigenvalue weighted by molar-refractivity contribution is 6.02. The van der Waals surface area contributed by atoms with Gasteiger partial charge in [0.15, 0.2) is 5.60 Å². The summed E-state index contributed by atoms with van der Waals surface area (Å²) in [6.45, 7) is 3.64. The van der Waals surface area contributed by atoms with Crippen molar-refractivity contribution in [3.63, 3.8) is 0 Å². The molecular weight excluding hydrogens is 334 g/mol. The highest BCUT2D eigenvalue weighted by Crippen LogP contribution is 2.31. The van der Waals surface area contributed by atoms with Gasteiger partial charge >= 0.3 is 6.09 Å². The molecule has 3 rings (SSSR count). The Morgan fingerprint density at radius 2 is 2.00 bits per heavy atom. The fourth-order valence-electron chi connectivity index (χ4n) is 2.98. The molecule has 0 bridgehead atoms. The number of rotatable bonds is 6. The number of cyclic esters (lactones) is 1. The van der Waals surface area contributed by atoms with Crippen molar-refractivity contribution in [1.82, 2.24) is 5.32 Å². The first kappa shape index (κ1) is 17.8. The zero-order valence-electron chi connectivity index (χ0n) is 14.7. The summed E-state index contributed by atoms with van der Waals surface area (Å²) in [4.78, 5) is 23.2. The number of aromatic hydroxyl groups is 1. The number of amides is 2. The average Bonchev–Trinajstić information content (AvgIpc) is 2.82. The van der Waals surface area contributed by atoms with Gasteiger partial charge < -0.3 is 14.6 Å². The topological polar surface area (TPSA) is 84.9 Å². The molecule has 2 amide bonds. The SMILES string of the molecule is CCCc1cc(O)ccc1Oc1cccc(C[C@@]2(C)OC(=O)NC2=O)c1. The average molecular weight is 355 g/mol. The molecule has 6 nitrogen and oxygen atoms in total. The summed E-state index contributed by atoms with van der Waals surface area (Å²) in [5.74, 6) is 1.05. The van der Waals surface area contributed by atoms with Gasteiger partial charge in [-0.2, -0.15) is 0 Å². The predicted molar refractivity (Wildman–Crippen MR) is 95.4 cm³/mol. The molecule has 0 aliphatic carbocycles. The van der Waals surface area contributed by atoms with E-state index in [0.29, 0.717) is 11.5 Å². The van der Waals surface area contributed by atoms with Crippen molar-refractivity contribution in [2.75, 3.05) is 0 Å². The Hall–Kier alpha value is -3.02. The maximum absolute atomic E-state index is 11.9. The van der Waals surface area contributed by atoms with Crippen molar-refractivity contribution >= 4 is 12.0 Å². The lowest BCUT2D eigenvalue weighted by molar-refractivity contribution is -0.129. The lowest BCUT2D eigenvalue weighted by Gasteiger charge is -2.19. The number of nitrogens with one attached hydrogen (secondary N) is 1. The summed E-state index contributed by atoms with van der Waals surface area (Å²) >= 11 is 0. The van der Waals surface area contributed by atoms with Crippen molar-refractivity contribution in [3.8, 4) is 17.2 Å². The number of hydrogen-bond acceptors (Lipinski definition) is 5. The van der Waals surface area contributed by atoms with Crippen molar-refractivity contribution in [1.29, 1.82) is 0 Å². The maximum atomic E-state index is 11.9. The van der Waals surface area contributed by atoms with Crippen LogP contribution in [-0.2, 0) is 22.4 Å². The van der Waals surface area contributed by atoms with E-state index in [-0.39, 0.29) is 12.2 Å². The Morgan fingerprint density at radius 1 is 1.19 bits per heavy atom. The minimum atomic E-state index is -1.22. The van der Waals surface area contributed by atoms with Crippen LogP contribution in [0, 0.1) is 0 Å². The summed E-state index contributed by atoms with van der Waals surface area (Å²) < 4.78 is 11.1. The summed E-state index contributed by atoms with van der Waals surface area (Å²) in [7, 11) is 0. The molecule has 2 N–H and O–H groups in total. The zero-order chi connectivity index (χ0) is 18.7. The molecule has 0 aromatic heterocycles. The van der Waals surface area contributed by atoms with E-state index in [0.717, 1.165) is 24.0 Å². The molecule has 1 aliphatic heterocycles. The highest BCUT2D eigenvalue weighted by atomic mass is 16.6. The van der Waals surface area contributed by atoms with Gasteiger partial charge in [0.25, 0.3) is 5.91 Å². The number of carbonyl (C=O) groups is 2. The molecule has 26 heavy (non-hydrogen) atoms. The molecule has 0 saturated carbocycles. The quantitative estimate of drug-likeness (QED) is 0.825. The number of alkyl carbamates (subject to hydrolysis) is 1. The van der Waals surface area contributed by atoms with Gasteiger partial charge in [0.05, 0.1) is 0 Å². The molecule has 6 heteroatoms. The largest absolute Gasteiger partial charge is 0.508 e. The lowest BCUT2D eigenvalue weighted by atomic mass is 9.96. The Balaban J connectivity index is 1.80. The first-order valence-corrected chi connectivity index (χ1v) is 8.53. The van der Waals surface area contributed by atoms with E-state index in [1.807, 2.05) is 24.3 Å². The Kier molecular flexibility index (Phi) is 4.84. The summed E-state index contributed by atoms with van der Waals surface area (Å²) in [5, 5.41) is 11.8. The van der Waals surface area contributed by atoms with Crippen LogP contribution in [-0.4, -0.2) is 22.7 Å². The van der Waals surface area contributed by atoms with Crippen LogP contribution in [0.3, 0.4) is 0 Å². The third kappa shape index (κ3) is 3.79. The second-order valence-corrected chi connectivity index (χ2v) is 6.54. The number of carbonyl (C=O) groups excluding carboxylic acids is 2. The first-order chi connectivity index (χ1) is 12.4. The molecular formula is C20H21NO5. The van der Waals surface area contributed by atoms with E-state index in [1.165, 1.54) is 0 Å². The van der Waals surface area contributed by atoms with Gasteiger partial charge in [-0.15, -0.1) is 0 Å². The molecule has 1 atom stereocenters. The van der Waals surface area contributed by atoms with E-state index in [4.69, 9.17) is 9.47 Å². The number of phenolic OH excluding ortho intramolecular Hbond substituents is 1. The van der Waals surface area contributed by atoms with Crippen molar-refractivity contribution in [3.05, 3.63) is 53.6 Å². The third-order valence-corrected chi connectivity index (χ3v) is 4.24. The number of aryl methyl sites for hydroxylation is 1. The fraction of sp³-hybridized carbons (Fsp3) is 0.300. The van der Waals surface area contributed by atoms with Crippen LogP contribution in [0.25, 0.3) is 0 Å². The second kappa shape index (κ2) is 7.07. The van der Waals surface area contributed by atoms with Gasteiger partial charge in [-0.1, -0.05) is 25.5 Å². The third-order valence-electron chi connectivity index (χ3n) is 4.24. The lowest BCUT2D eigenvalue weighted by Crippen LogP contribution is -2.38. The van der Waals surface area contributed by atoms with Crippen molar-refractivity contribution in [2.24, 2.45) is 0 Å². The van der Waals surface area contributed by atoms with Crippen LogP contribution in [0.5, 0.6) is 17.2 Å². The van der Waals surface area contributed by atoms with Crippen LogP contribution < -0.4 is 10.1 Å². The van der Waals surface area contributed by atoms with Gasteiger partial charge in [-0.05, 0) is 54.8 Å². The van der Waals surface area contributed by atoms with Crippen molar-refractivity contribution in [2.45, 2.75) is 38.7 Å². The highest BCUT2D eigenvalue weighted by Gasteiger charge is 2.44. The van der Waals surface area contributed by atoms with Crippen LogP contribution in [0.4, 0.5) is 4.79 Å². The number of ether oxygens (including phenoxy) is 2. The van der Waals surface area contributed by atoms with Crippen LogP contribution in [0.2, 0.25) is 0 Å². The normalized spacial score (nSPS) is 19.2. The van der Waals surface area contributed by atoms with E-state index in [9.17, 15) is 14.7 Å². The van der Waals surface area contributed by atoms with Crippen molar-refractivity contribution < 1.29 is 24.2 Å². The van der Waals surface area contributed by atoms with Crippen LogP contribution >= 0.6 is 0 Å². The minimum Gasteiger partial charge on any atom is -0.508 e. The predicted octanol–water partition coefficient (Wildman–Crippen LogP) is 3.70. The summed E-state index contributed by atoms with van der Waals surface area (Å²) in [6, 6.07) is 12.3. The van der Waals surface area contributed by atoms with Gasteiger partial charge in [-0.25, -0.2) is 4.79 Å². The number of benzene rings is 2. The number of phenols is 1. The van der Waals surface area contributed by atoms with Crippen LogP contribution in [0.15, 0.2) is 42.5 Å². The molecule has 0 unspecified atom stereocenters. The molecule has 136 valence electrons. The van der Waals surface area contributed by atoms with Crippen LogP contribution in [0.1, 0.15) is 31.4 Å². The van der Waals surface area contributed by atoms with E-state index >= 15 is 0 Å². The second-order valence-electron chi connectivity index (χ2n) is 6.54. The Bertz CT molecular complexity index is 848. The van der Waals surface area contributed by atoms with Gasteiger partial charge in [-0.3, -0.25) is 10.1 Å². The summed E-state index contributed by atoms with van der Waals surface area (Å²) in [6.07, 6.45) is 1.24. The zero-order valence-corrected chi connectivity index (χ0v) is 14.7.